The van der Waals surface area contributed by atoms with Crippen LogP contribution in [-0.4, -0.2) is 19.0 Å². The van der Waals surface area contributed by atoms with E-state index in [1.165, 1.54) is 19.2 Å². The lowest BCUT2D eigenvalue weighted by Gasteiger charge is -2.04. The zero-order valence-electron chi connectivity index (χ0n) is 9.53. The van der Waals surface area contributed by atoms with Crippen molar-refractivity contribution in [1.29, 1.82) is 0 Å². The van der Waals surface area contributed by atoms with E-state index in [0.717, 1.165) is 5.56 Å². The van der Waals surface area contributed by atoms with Gasteiger partial charge in [-0.15, -0.1) is 0 Å². The molecule has 0 aromatic heterocycles. The minimum atomic E-state index is -0.415. The molecule has 0 spiro atoms. The number of hydrogen-bond acceptors (Lipinski definition) is 3. The first kappa shape index (κ1) is 13.2. The summed E-state index contributed by atoms with van der Waals surface area (Å²) in [5.74, 6) is -0.965. The molecule has 0 aliphatic heterocycles. The number of benzene rings is 1. The van der Waals surface area contributed by atoms with E-state index in [2.05, 4.69) is 10.1 Å². The maximum Gasteiger partial charge on any atom is 0.306 e. The Kier molecular flexibility index (Phi) is 5.13. The van der Waals surface area contributed by atoms with Gasteiger partial charge >= 0.3 is 5.97 Å². The van der Waals surface area contributed by atoms with Gasteiger partial charge in [-0.1, -0.05) is 12.1 Å². The fraction of sp³-hybridized carbons (Fsp3) is 0.333. The maximum atomic E-state index is 12.6. The first-order valence-corrected chi connectivity index (χ1v) is 5.20. The van der Waals surface area contributed by atoms with Crippen molar-refractivity contribution in [3.63, 3.8) is 0 Å². The van der Waals surface area contributed by atoms with Crippen LogP contribution in [0.4, 0.5) is 4.39 Å². The Morgan fingerprint density at radius 1 is 1.24 bits per heavy atom. The van der Waals surface area contributed by atoms with Crippen molar-refractivity contribution in [3.05, 3.63) is 35.6 Å². The molecule has 1 aromatic carbocycles. The van der Waals surface area contributed by atoms with Gasteiger partial charge < -0.3 is 10.1 Å². The highest BCUT2D eigenvalue weighted by molar-refractivity contribution is 5.81. The molecular weight excluding hydrogens is 225 g/mol. The molecule has 0 saturated heterocycles. The number of esters is 1. The van der Waals surface area contributed by atoms with E-state index in [4.69, 9.17) is 0 Å². The quantitative estimate of drug-likeness (QED) is 0.790. The van der Waals surface area contributed by atoms with Crippen LogP contribution in [0.3, 0.4) is 0 Å². The fourth-order valence-electron chi connectivity index (χ4n) is 1.21. The van der Waals surface area contributed by atoms with E-state index < -0.39 is 5.97 Å². The lowest BCUT2D eigenvalue weighted by atomic mass is 10.2. The Balaban J connectivity index is 2.28. The molecule has 0 atom stereocenters. The third kappa shape index (κ3) is 5.10. The van der Waals surface area contributed by atoms with Crippen LogP contribution in [0.1, 0.15) is 18.4 Å². The highest BCUT2D eigenvalue weighted by Gasteiger charge is 2.06. The fourth-order valence-corrected chi connectivity index (χ4v) is 1.21. The highest BCUT2D eigenvalue weighted by atomic mass is 19.1. The summed E-state index contributed by atoms with van der Waals surface area (Å²) >= 11 is 0. The third-order valence-corrected chi connectivity index (χ3v) is 2.19. The summed E-state index contributed by atoms with van der Waals surface area (Å²) in [7, 11) is 1.28. The molecule has 0 bridgehead atoms. The topological polar surface area (TPSA) is 55.4 Å². The van der Waals surface area contributed by atoms with Gasteiger partial charge in [0.2, 0.25) is 5.91 Å². The number of rotatable bonds is 5. The average Bonchev–Trinajstić information content (AvgIpc) is 2.35. The van der Waals surface area contributed by atoms with Crippen molar-refractivity contribution >= 4 is 11.9 Å². The Hall–Kier alpha value is -1.91. The smallest absolute Gasteiger partial charge is 0.306 e. The molecule has 0 fully saturated rings. The SMILES string of the molecule is COC(=O)CCC(=O)NCc1ccc(F)cc1. The van der Waals surface area contributed by atoms with Crippen molar-refractivity contribution < 1.29 is 18.7 Å². The largest absolute Gasteiger partial charge is 0.469 e. The second-order valence-corrected chi connectivity index (χ2v) is 3.48. The van der Waals surface area contributed by atoms with E-state index in [9.17, 15) is 14.0 Å². The molecule has 4 nitrogen and oxygen atoms in total. The highest BCUT2D eigenvalue weighted by Crippen LogP contribution is 2.02. The first-order chi connectivity index (χ1) is 8.11. The molecule has 0 aliphatic carbocycles. The summed E-state index contributed by atoms with van der Waals surface area (Å²) in [4.78, 5) is 22.1. The van der Waals surface area contributed by atoms with E-state index in [1.807, 2.05) is 0 Å². The van der Waals surface area contributed by atoms with Crippen LogP contribution in [0.25, 0.3) is 0 Å². The Morgan fingerprint density at radius 3 is 2.47 bits per heavy atom. The van der Waals surface area contributed by atoms with Crippen LogP contribution in [-0.2, 0) is 20.9 Å². The number of ether oxygens (including phenoxy) is 1. The average molecular weight is 239 g/mol. The van der Waals surface area contributed by atoms with Gasteiger partial charge in [-0.2, -0.15) is 0 Å². The van der Waals surface area contributed by atoms with E-state index in [0.29, 0.717) is 6.54 Å². The molecule has 0 unspecified atom stereocenters. The Morgan fingerprint density at radius 2 is 1.88 bits per heavy atom. The van der Waals surface area contributed by atoms with Crippen molar-refractivity contribution in [2.75, 3.05) is 7.11 Å². The summed E-state index contributed by atoms with van der Waals surface area (Å²) in [6, 6.07) is 5.84. The first-order valence-electron chi connectivity index (χ1n) is 5.20. The normalized spacial score (nSPS) is 9.76. The molecule has 5 heteroatoms. The molecule has 1 aromatic rings. The van der Waals surface area contributed by atoms with Gasteiger partial charge in [0, 0.05) is 13.0 Å². The van der Waals surface area contributed by atoms with E-state index >= 15 is 0 Å². The standard InChI is InChI=1S/C12H14FNO3/c1-17-12(16)7-6-11(15)14-8-9-2-4-10(13)5-3-9/h2-5H,6-8H2,1H3,(H,14,15). The van der Waals surface area contributed by atoms with Gasteiger partial charge in [-0.3, -0.25) is 9.59 Å². The van der Waals surface area contributed by atoms with Gasteiger partial charge in [-0.05, 0) is 17.7 Å². The minimum Gasteiger partial charge on any atom is -0.469 e. The molecule has 17 heavy (non-hydrogen) atoms. The van der Waals surface area contributed by atoms with Gasteiger partial charge in [0.15, 0.2) is 0 Å². The van der Waals surface area contributed by atoms with Crippen LogP contribution in [0, 0.1) is 5.82 Å². The van der Waals surface area contributed by atoms with E-state index in [1.54, 1.807) is 12.1 Å². The summed E-state index contributed by atoms with van der Waals surface area (Å²) in [6.45, 7) is 0.320. The molecule has 0 saturated carbocycles. The predicted octanol–water partition coefficient (Wildman–Crippen LogP) is 1.40. The Labute approximate surface area is 98.8 Å². The van der Waals surface area contributed by atoms with Gasteiger partial charge in [-0.25, -0.2) is 4.39 Å². The van der Waals surface area contributed by atoms with Crippen LogP contribution in [0.15, 0.2) is 24.3 Å². The Bertz CT molecular complexity index is 389. The molecular formula is C12H14FNO3. The van der Waals surface area contributed by atoms with Gasteiger partial charge in [0.1, 0.15) is 5.82 Å². The summed E-state index contributed by atoms with van der Waals surface area (Å²) in [5, 5.41) is 2.63. The van der Waals surface area contributed by atoms with Crippen LogP contribution < -0.4 is 5.32 Å². The summed E-state index contributed by atoms with van der Waals surface area (Å²) in [6.07, 6.45) is 0.152. The van der Waals surface area contributed by atoms with Gasteiger partial charge in [0.25, 0.3) is 0 Å². The van der Waals surface area contributed by atoms with Crippen LogP contribution >= 0.6 is 0 Å². The van der Waals surface area contributed by atoms with Gasteiger partial charge in [0.05, 0.1) is 13.5 Å². The van der Waals surface area contributed by atoms with Crippen LogP contribution in [0.5, 0.6) is 0 Å². The monoisotopic (exact) mass is 239 g/mol. The number of hydrogen-bond donors (Lipinski definition) is 1. The zero-order valence-corrected chi connectivity index (χ0v) is 9.53. The molecule has 0 aliphatic rings. The third-order valence-electron chi connectivity index (χ3n) is 2.19. The zero-order chi connectivity index (χ0) is 12.7. The van der Waals surface area contributed by atoms with Crippen molar-refractivity contribution in [1.82, 2.24) is 5.32 Å². The molecule has 0 heterocycles. The molecule has 1 rings (SSSR count). The van der Waals surface area contributed by atoms with Crippen molar-refractivity contribution in [2.24, 2.45) is 0 Å². The molecule has 0 radical (unpaired) electrons. The lowest BCUT2D eigenvalue weighted by molar-refractivity contribution is -0.142. The second kappa shape index (κ2) is 6.62. The van der Waals surface area contributed by atoms with E-state index in [-0.39, 0.29) is 24.6 Å². The molecule has 92 valence electrons. The summed E-state index contributed by atoms with van der Waals surface area (Å²) in [5.41, 5.74) is 0.804. The number of carbonyl (C=O) groups excluding carboxylic acids is 2. The second-order valence-electron chi connectivity index (χ2n) is 3.48. The number of nitrogens with one attached hydrogen (secondary N) is 1. The molecule has 1 amide bonds. The summed E-state index contributed by atoms with van der Waals surface area (Å²) < 4.78 is 17.0. The number of halogens is 1. The van der Waals surface area contributed by atoms with Crippen molar-refractivity contribution in [2.45, 2.75) is 19.4 Å². The van der Waals surface area contributed by atoms with Crippen LogP contribution in [0.2, 0.25) is 0 Å². The predicted molar refractivity (Wildman–Crippen MR) is 59.5 cm³/mol. The number of carbonyl (C=O) groups is 2. The number of methoxy groups -OCH3 is 1. The maximum absolute atomic E-state index is 12.6. The van der Waals surface area contributed by atoms with Crippen molar-refractivity contribution in [3.8, 4) is 0 Å². The number of amides is 1. The molecule has 1 N–H and O–H groups in total. The lowest BCUT2D eigenvalue weighted by Crippen LogP contribution is -2.23. The minimum absolute atomic E-state index is 0.0613.